The number of piperidine rings is 1. The molecule has 0 radical (unpaired) electrons. The van der Waals surface area contributed by atoms with Crippen molar-refractivity contribution in [2.24, 2.45) is 0 Å². The fourth-order valence-corrected chi connectivity index (χ4v) is 2.96. The molecule has 1 fully saturated rings. The Morgan fingerprint density at radius 2 is 1.65 bits per heavy atom. The summed E-state index contributed by atoms with van der Waals surface area (Å²) in [7, 11) is 0. The van der Waals surface area contributed by atoms with Gasteiger partial charge >= 0.3 is 0 Å². The predicted octanol–water partition coefficient (Wildman–Crippen LogP) is 1.75. The molecular formula is C13H27NO3. The summed E-state index contributed by atoms with van der Waals surface area (Å²) in [5.74, 6) is -1.98. The Hall–Kier alpha value is -0.160. The zero-order chi connectivity index (χ0) is 13.3. The zero-order valence-corrected chi connectivity index (χ0v) is 11.7. The first kappa shape index (κ1) is 14.9. The molecule has 1 rings (SSSR count). The van der Waals surface area contributed by atoms with Crippen molar-refractivity contribution >= 4 is 0 Å². The quantitative estimate of drug-likeness (QED) is 0.660. The van der Waals surface area contributed by atoms with Crippen LogP contribution < -0.4 is 5.32 Å². The van der Waals surface area contributed by atoms with Gasteiger partial charge in [0.05, 0.1) is 6.10 Å². The highest BCUT2D eigenvalue weighted by Crippen LogP contribution is 2.32. The fraction of sp³-hybridized carbons (Fsp3) is 1.00. The van der Waals surface area contributed by atoms with Gasteiger partial charge < -0.3 is 20.3 Å². The number of hydrogen-bond acceptors (Lipinski definition) is 4. The van der Waals surface area contributed by atoms with E-state index in [0.29, 0.717) is 6.42 Å². The lowest BCUT2D eigenvalue weighted by Gasteiger charge is -2.47. The largest absolute Gasteiger partial charge is 0.343 e. The molecule has 0 aromatic heterocycles. The molecule has 0 spiro atoms. The standard InChI is InChI=1S/C13H27NO3/c1-6-7-13(15,16)17-10-8-11(2,3)14-12(4,5)9-10/h10,14-16H,6-9H2,1-5H3. The van der Waals surface area contributed by atoms with Gasteiger partial charge in [-0.1, -0.05) is 6.92 Å². The second kappa shape index (κ2) is 4.84. The summed E-state index contributed by atoms with van der Waals surface area (Å²) >= 11 is 0. The van der Waals surface area contributed by atoms with Crippen LogP contribution in [0.2, 0.25) is 0 Å². The summed E-state index contributed by atoms with van der Waals surface area (Å²) < 4.78 is 5.46. The molecule has 1 aliphatic heterocycles. The molecule has 1 heterocycles. The van der Waals surface area contributed by atoms with Crippen LogP contribution in [0, 0.1) is 0 Å². The van der Waals surface area contributed by atoms with E-state index in [0.717, 1.165) is 12.8 Å². The smallest absolute Gasteiger partial charge is 0.278 e. The van der Waals surface area contributed by atoms with Crippen molar-refractivity contribution in [1.82, 2.24) is 5.32 Å². The highest BCUT2D eigenvalue weighted by molar-refractivity contribution is 4.97. The van der Waals surface area contributed by atoms with Crippen molar-refractivity contribution in [3.8, 4) is 0 Å². The Morgan fingerprint density at radius 3 is 2.06 bits per heavy atom. The fourth-order valence-electron chi connectivity index (χ4n) is 2.96. The highest BCUT2D eigenvalue weighted by Gasteiger charge is 2.41. The number of nitrogens with one attached hydrogen (secondary N) is 1. The Balaban J connectivity index is 2.65. The minimum absolute atomic E-state index is 0.0469. The van der Waals surface area contributed by atoms with E-state index in [2.05, 4.69) is 33.0 Å². The van der Waals surface area contributed by atoms with Crippen molar-refractivity contribution < 1.29 is 14.9 Å². The van der Waals surface area contributed by atoms with Crippen molar-refractivity contribution in [2.75, 3.05) is 0 Å². The van der Waals surface area contributed by atoms with Crippen LogP contribution in [0.15, 0.2) is 0 Å². The normalized spacial score (nSPS) is 24.9. The van der Waals surface area contributed by atoms with Crippen molar-refractivity contribution in [2.45, 2.75) is 83.5 Å². The Bertz CT molecular complexity index is 245. The molecule has 0 aliphatic carbocycles. The summed E-state index contributed by atoms with van der Waals surface area (Å²) in [6.07, 6.45) is 2.37. The topological polar surface area (TPSA) is 61.7 Å². The first-order valence-electron chi connectivity index (χ1n) is 6.47. The second-order valence-electron chi connectivity index (χ2n) is 6.53. The third-order valence-corrected chi connectivity index (χ3v) is 3.08. The average Bonchev–Trinajstić information content (AvgIpc) is 1.94. The summed E-state index contributed by atoms with van der Waals surface area (Å²) in [5.41, 5.74) is -0.0938. The minimum Gasteiger partial charge on any atom is -0.343 e. The minimum atomic E-state index is -1.98. The Morgan fingerprint density at radius 1 is 1.18 bits per heavy atom. The van der Waals surface area contributed by atoms with E-state index in [1.165, 1.54) is 0 Å². The first-order chi connectivity index (χ1) is 7.55. The molecule has 1 saturated heterocycles. The molecule has 0 saturated carbocycles. The molecule has 4 nitrogen and oxygen atoms in total. The third-order valence-electron chi connectivity index (χ3n) is 3.08. The van der Waals surface area contributed by atoms with Crippen LogP contribution in [0.1, 0.15) is 60.3 Å². The van der Waals surface area contributed by atoms with E-state index in [-0.39, 0.29) is 23.6 Å². The molecule has 102 valence electrons. The summed E-state index contributed by atoms with van der Waals surface area (Å²) in [5, 5.41) is 23.0. The van der Waals surface area contributed by atoms with Gasteiger partial charge in [0.2, 0.25) is 0 Å². The number of ether oxygens (including phenoxy) is 1. The lowest BCUT2D eigenvalue weighted by Crippen LogP contribution is -2.60. The maximum atomic E-state index is 9.72. The SMILES string of the molecule is CCCC(O)(O)OC1CC(C)(C)NC(C)(C)C1. The van der Waals surface area contributed by atoms with Crippen LogP contribution in [-0.4, -0.2) is 33.4 Å². The highest BCUT2D eigenvalue weighted by atomic mass is 16.8. The molecule has 17 heavy (non-hydrogen) atoms. The van der Waals surface area contributed by atoms with Crippen LogP contribution in [0.3, 0.4) is 0 Å². The second-order valence-corrected chi connectivity index (χ2v) is 6.53. The van der Waals surface area contributed by atoms with Gasteiger partial charge in [-0.25, -0.2) is 0 Å². The molecule has 0 amide bonds. The monoisotopic (exact) mass is 245 g/mol. The van der Waals surface area contributed by atoms with E-state index in [1.807, 2.05) is 6.92 Å². The lowest BCUT2D eigenvalue weighted by atomic mass is 9.81. The van der Waals surface area contributed by atoms with E-state index < -0.39 is 5.97 Å². The van der Waals surface area contributed by atoms with Gasteiger partial charge in [-0.15, -0.1) is 0 Å². The number of aliphatic hydroxyl groups is 2. The molecule has 0 bridgehead atoms. The van der Waals surface area contributed by atoms with E-state index in [9.17, 15) is 10.2 Å². The molecule has 3 N–H and O–H groups in total. The summed E-state index contributed by atoms with van der Waals surface area (Å²) in [6.45, 7) is 10.4. The third kappa shape index (κ3) is 4.92. The summed E-state index contributed by atoms with van der Waals surface area (Å²) in [6, 6.07) is 0. The van der Waals surface area contributed by atoms with Gasteiger partial charge in [-0.2, -0.15) is 0 Å². The lowest BCUT2D eigenvalue weighted by molar-refractivity contribution is -0.362. The van der Waals surface area contributed by atoms with Crippen LogP contribution in [0.25, 0.3) is 0 Å². The summed E-state index contributed by atoms with van der Waals surface area (Å²) in [4.78, 5) is 0. The molecule has 4 heteroatoms. The van der Waals surface area contributed by atoms with E-state index >= 15 is 0 Å². The van der Waals surface area contributed by atoms with Gasteiger partial charge in [0.25, 0.3) is 5.97 Å². The average molecular weight is 245 g/mol. The molecule has 0 unspecified atom stereocenters. The molecule has 0 aromatic carbocycles. The maximum absolute atomic E-state index is 9.72. The van der Waals surface area contributed by atoms with Crippen LogP contribution >= 0.6 is 0 Å². The van der Waals surface area contributed by atoms with Crippen LogP contribution in [0.4, 0.5) is 0 Å². The number of hydrogen-bond donors (Lipinski definition) is 3. The maximum Gasteiger partial charge on any atom is 0.278 e. The Labute approximate surface area is 104 Å². The van der Waals surface area contributed by atoms with Gasteiger partial charge in [0.15, 0.2) is 0 Å². The molecular weight excluding hydrogens is 218 g/mol. The Kier molecular flexibility index (Phi) is 4.24. The van der Waals surface area contributed by atoms with Crippen molar-refractivity contribution in [3.05, 3.63) is 0 Å². The predicted molar refractivity (Wildman–Crippen MR) is 67.5 cm³/mol. The van der Waals surface area contributed by atoms with Crippen LogP contribution in [-0.2, 0) is 4.74 Å². The zero-order valence-electron chi connectivity index (χ0n) is 11.7. The van der Waals surface area contributed by atoms with Crippen molar-refractivity contribution in [1.29, 1.82) is 0 Å². The first-order valence-corrected chi connectivity index (χ1v) is 6.47. The van der Waals surface area contributed by atoms with Gasteiger partial charge in [0.1, 0.15) is 0 Å². The molecule has 0 atom stereocenters. The van der Waals surface area contributed by atoms with Gasteiger partial charge in [-0.05, 0) is 47.0 Å². The van der Waals surface area contributed by atoms with Gasteiger partial charge in [0, 0.05) is 17.5 Å². The van der Waals surface area contributed by atoms with Crippen LogP contribution in [0.5, 0.6) is 0 Å². The molecule has 0 aromatic rings. The molecule has 1 aliphatic rings. The van der Waals surface area contributed by atoms with Gasteiger partial charge in [-0.3, -0.25) is 0 Å². The van der Waals surface area contributed by atoms with E-state index in [1.54, 1.807) is 0 Å². The number of rotatable bonds is 4. The van der Waals surface area contributed by atoms with E-state index in [4.69, 9.17) is 4.74 Å². The van der Waals surface area contributed by atoms with Crippen molar-refractivity contribution in [3.63, 3.8) is 0 Å².